The molecule has 0 atom stereocenters. The normalized spacial score (nSPS) is 27.1. The lowest BCUT2D eigenvalue weighted by molar-refractivity contribution is -0.00520. The van der Waals surface area contributed by atoms with Gasteiger partial charge in [0, 0.05) is 5.56 Å². The van der Waals surface area contributed by atoms with Gasteiger partial charge in [-0.2, -0.15) is 0 Å². The van der Waals surface area contributed by atoms with Crippen molar-refractivity contribution < 1.29 is 22.8 Å². The van der Waals surface area contributed by atoms with Gasteiger partial charge in [0.2, 0.25) is 0 Å². The monoisotopic (exact) mass is 540 g/mol. The molecule has 0 aromatic heterocycles. The molecule has 8 heteroatoms. The van der Waals surface area contributed by atoms with Crippen LogP contribution in [0.3, 0.4) is 0 Å². The summed E-state index contributed by atoms with van der Waals surface area (Å²) in [6.45, 7) is 0. The lowest BCUT2D eigenvalue weighted by atomic mass is 9.48. The zero-order valence-corrected chi connectivity index (χ0v) is 22.1. The molecule has 39 heavy (non-hydrogen) atoms. The third kappa shape index (κ3) is 3.92. The number of carbonyl (C=O) groups excluding carboxylic acids is 3. The Morgan fingerprint density at radius 1 is 0.769 bits per heavy atom. The molecule has 1 heterocycles. The number of nitrogens with one attached hydrogen (secondary N) is 1. The molecular formula is C31H28N2O5S. The highest BCUT2D eigenvalue weighted by atomic mass is 32.2. The van der Waals surface area contributed by atoms with Gasteiger partial charge >= 0.3 is 0 Å². The predicted molar refractivity (Wildman–Crippen MR) is 145 cm³/mol. The van der Waals surface area contributed by atoms with E-state index in [2.05, 4.69) is 4.72 Å². The van der Waals surface area contributed by atoms with Gasteiger partial charge in [0.05, 0.1) is 21.7 Å². The second kappa shape index (κ2) is 8.61. The molecule has 3 aromatic rings. The number of rotatable bonds is 5. The first-order valence-electron chi connectivity index (χ1n) is 13.5. The maximum atomic E-state index is 13.5. The first kappa shape index (κ1) is 24.3. The number of fused-ring (bicyclic) bond motifs is 1. The smallest absolute Gasteiger partial charge is 0.266 e. The lowest BCUT2D eigenvalue weighted by Crippen LogP contribution is -2.48. The second-order valence-corrected chi connectivity index (χ2v) is 13.4. The van der Waals surface area contributed by atoms with Crippen LogP contribution in [0.15, 0.2) is 77.7 Å². The topological polar surface area (TPSA) is 101 Å². The highest BCUT2D eigenvalue weighted by Crippen LogP contribution is 2.60. The standard InChI is InChI=1S/C31H28N2O5S/c34-28(22-4-2-1-3-5-22)32-39(37,38)25-9-7-24(8-10-25)33-29(35)26-11-6-23(15-27(26)30(33)36)31-16-19-12-20(17-31)14-21(13-19)18-31/h1-11,15,19-21H,12-14,16-18H2,(H,32,34). The molecule has 4 aliphatic carbocycles. The molecule has 3 amide bonds. The van der Waals surface area contributed by atoms with Gasteiger partial charge in [0.25, 0.3) is 27.7 Å². The van der Waals surface area contributed by atoms with Crippen molar-refractivity contribution in [3.63, 3.8) is 0 Å². The van der Waals surface area contributed by atoms with Gasteiger partial charge in [-0.1, -0.05) is 24.3 Å². The summed E-state index contributed by atoms with van der Waals surface area (Å²) < 4.78 is 27.6. The molecule has 1 N–H and O–H groups in total. The number of sulfonamides is 1. The Balaban J connectivity index is 1.13. The van der Waals surface area contributed by atoms with E-state index in [1.807, 2.05) is 12.1 Å². The van der Waals surface area contributed by atoms with E-state index in [0.29, 0.717) is 11.1 Å². The summed E-state index contributed by atoms with van der Waals surface area (Å²) in [5.41, 5.74) is 2.59. The van der Waals surface area contributed by atoms with Crippen LogP contribution in [0.5, 0.6) is 0 Å². The summed E-state index contributed by atoms with van der Waals surface area (Å²) in [4.78, 5) is 40.1. The molecule has 0 spiro atoms. The average Bonchev–Trinajstić information content (AvgIpc) is 3.17. The summed E-state index contributed by atoms with van der Waals surface area (Å²) in [6.07, 6.45) is 7.49. The van der Waals surface area contributed by atoms with Crippen LogP contribution < -0.4 is 9.62 Å². The number of hydrogen-bond donors (Lipinski definition) is 1. The Kier molecular flexibility index (Phi) is 5.36. The van der Waals surface area contributed by atoms with Crippen LogP contribution in [-0.4, -0.2) is 26.1 Å². The SMILES string of the molecule is O=C(NS(=O)(=O)c1ccc(N2C(=O)c3ccc(C45CC6CC(CC(C6)C4)C5)cc3C2=O)cc1)c1ccccc1. The van der Waals surface area contributed by atoms with Crippen LogP contribution >= 0.6 is 0 Å². The second-order valence-electron chi connectivity index (χ2n) is 11.7. The molecule has 4 saturated carbocycles. The molecule has 1 aliphatic heterocycles. The molecule has 0 unspecified atom stereocenters. The van der Waals surface area contributed by atoms with Crippen molar-refractivity contribution in [2.24, 2.45) is 17.8 Å². The number of imide groups is 1. The van der Waals surface area contributed by atoms with Gasteiger partial charge in [-0.3, -0.25) is 14.4 Å². The van der Waals surface area contributed by atoms with Crippen molar-refractivity contribution >= 4 is 33.4 Å². The molecule has 8 rings (SSSR count). The molecular weight excluding hydrogens is 512 g/mol. The van der Waals surface area contributed by atoms with Gasteiger partial charge in [-0.05, 0) is 116 Å². The quantitative estimate of drug-likeness (QED) is 0.455. The van der Waals surface area contributed by atoms with E-state index >= 15 is 0 Å². The Hall–Kier alpha value is -3.78. The fourth-order valence-corrected chi connectivity index (χ4v) is 8.85. The van der Waals surface area contributed by atoms with E-state index in [9.17, 15) is 22.8 Å². The van der Waals surface area contributed by atoms with E-state index in [-0.39, 0.29) is 21.6 Å². The number of carbonyl (C=O) groups is 3. The molecule has 4 fully saturated rings. The summed E-state index contributed by atoms with van der Waals surface area (Å²) in [7, 11) is -4.14. The molecule has 7 nitrogen and oxygen atoms in total. The molecule has 0 saturated heterocycles. The highest BCUT2D eigenvalue weighted by molar-refractivity contribution is 7.90. The Morgan fingerprint density at radius 3 is 1.97 bits per heavy atom. The molecule has 198 valence electrons. The number of anilines is 1. The van der Waals surface area contributed by atoms with Gasteiger partial charge in [0.1, 0.15) is 0 Å². The fraction of sp³-hybridized carbons (Fsp3) is 0.323. The molecule has 4 bridgehead atoms. The van der Waals surface area contributed by atoms with E-state index in [1.165, 1.54) is 80.5 Å². The largest absolute Gasteiger partial charge is 0.268 e. The van der Waals surface area contributed by atoms with Crippen LogP contribution in [0.2, 0.25) is 0 Å². The minimum Gasteiger partial charge on any atom is -0.268 e. The van der Waals surface area contributed by atoms with Crippen LogP contribution in [-0.2, 0) is 15.4 Å². The number of benzene rings is 3. The highest BCUT2D eigenvalue weighted by Gasteiger charge is 2.52. The van der Waals surface area contributed by atoms with Crippen molar-refractivity contribution in [1.82, 2.24) is 4.72 Å². The Bertz CT molecular complexity index is 1590. The number of amides is 3. The summed E-state index contributed by atoms with van der Waals surface area (Å²) in [6, 6.07) is 19.3. The molecule has 0 radical (unpaired) electrons. The van der Waals surface area contributed by atoms with E-state index in [0.717, 1.165) is 22.7 Å². The van der Waals surface area contributed by atoms with Crippen LogP contribution in [0.4, 0.5) is 5.69 Å². The predicted octanol–water partition coefficient (Wildman–Crippen LogP) is 5.07. The van der Waals surface area contributed by atoms with Gasteiger partial charge in [0.15, 0.2) is 0 Å². The van der Waals surface area contributed by atoms with Crippen molar-refractivity contribution in [3.05, 3.63) is 95.1 Å². The minimum atomic E-state index is -4.14. The maximum absolute atomic E-state index is 13.5. The van der Waals surface area contributed by atoms with E-state index < -0.39 is 27.7 Å². The van der Waals surface area contributed by atoms with E-state index in [4.69, 9.17) is 0 Å². The summed E-state index contributed by atoms with van der Waals surface area (Å²) in [5, 5.41) is 0. The summed E-state index contributed by atoms with van der Waals surface area (Å²) >= 11 is 0. The lowest BCUT2D eigenvalue weighted by Gasteiger charge is -2.57. The third-order valence-electron chi connectivity index (χ3n) is 9.21. The molecule has 5 aliphatic rings. The zero-order chi connectivity index (χ0) is 26.9. The Morgan fingerprint density at radius 2 is 1.36 bits per heavy atom. The van der Waals surface area contributed by atoms with Gasteiger partial charge < -0.3 is 0 Å². The number of nitrogens with zero attached hydrogens (tertiary/aromatic N) is 1. The first-order valence-corrected chi connectivity index (χ1v) is 15.0. The first-order chi connectivity index (χ1) is 18.7. The third-order valence-corrected chi connectivity index (χ3v) is 10.6. The van der Waals surface area contributed by atoms with Crippen LogP contribution in [0, 0.1) is 17.8 Å². The maximum Gasteiger partial charge on any atom is 0.266 e. The van der Waals surface area contributed by atoms with Crippen LogP contribution in [0.1, 0.15) is 75.2 Å². The van der Waals surface area contributed by atoms with E-state index in [1.54, 1.807) is 24.3 Å². The summed E-state index contributed by atoms with van der Waals surface area (Å²) in [5.74, 6) is 0.756. The van der Waals surface area contributed by atoms with Crippen molar-refractivity contribution in [1.29, 1.82) is 0 Å². The van der Waals surface area contributed by atoms with Gasteiger partial charge in [-0.15, -0.1) is 0 Å². The fourth-order valence-electron chi connectivity index (χ4n) is 7.87. The van der Waals surface area contributed by atoms with Crippen molar-refractivity contribution in [2.75, 3.05) is 4.90 Å². The Labute approximate surface area is 227 Å². The van der Waals surface area contributed by atoms with Crippen molar-refractivity contribution in [2.45, 2.75) is 48.8 Å². The average molecular weight is 541 g/mol. The van der Waals surface area contributed by atoms with Crippen molar-refractivity contribution in [3.8, 4) is 0 Å². The number of hydrogen-bond acceptors (Lipinski definition) is 5. The van der Waals surface area contributed by atoms with Crippen LogP contribution in [0.25, 0.3) is 0 Å². The minimum absolute atomic E-state index is 0.112. The van der Waals surface area contributed by atoms with Gasteiger partial charge in [-0.25, -0.2) is 18.0 Å². The zero-order valence-electron chi connectivity index (χ0n) is 21.3. The molecule has 3 aromatic carbocycles.